The molecule has 2 amide bonds. The normalized spacial score (nSPS) is 24.0. The van der Waals surface area contributed by atoms with E-state index in [2.05, 4.69) is 46.2 Å². The van der Waals surface area contributed by atoms with Crippen molar-refractivity contribution >= 4 is 40.7 Å². The number of piperazine rings is 1. The average Bonchev–Trinajstić information content (AvgIpc) is 3.90. The van der Waals surface area contributed by atoms with E-state index in [-0.39, 0.29) is 24.2 Å². The van der Waals surface area contributed by atoms with Crippen LogP contribution in [0.15, 0.2) is 72.1 Å². The number of carbonyl (C=O) groups is 3. The number of amides is 2. The maximum absolute atomic E-state index is 14.9. The van der Waals surface area contributed by atoms with Gasteiger partial charge in [0, 0.05) is 43.4 Å². The highest BCUT2D eigenvalue weighted by Crippen LogP contribution is 2.47. The van der Waals surface area contributed by atoms with Crippen LogP contribution in [0.5, 0.6) is 5.75 Å². The third kappa shape index (κ3) is 11.0. The van der Waals surface area contributed by atoms with Crippen LogP contribution in [0.3, 0.4) is 0 Å². The zero-order chi connectivity index (χ0) is 38.7. The lowest BCUT2D eigenvalue weighted by atomic mass is 9.68. The molecule has 4 fully saturated rings. The van der Waals surface area contributed by atoms with Crippen molar-refractivity contribution in [2.75, 3.05) is 52.4 Å². The number of likely N-dealkylation sites (tertiary alicyclic amines) is 2. The molecule has 1 aromatic heterocycles. The standard InChI is InChI=1S/C46H61ClN4O4S/c47-40-16-5-6-17-43(40)55-45(54)50-29-30-51(41(34-50)42(52)19-18-39-15-11-31-56-39)44(53)38(14-7-10-27-48-25-8-2-9-26-48)32-36-20-22-46(23-21-36)24-28-49(35-46)33-37-12-3-1-4-13-37/h1,3-6,11-13,15-17,31,36,38,41H,2,7-10,14,18-30,32-35H2/t36?,38-,41-,46?/m0/s1. The number of nitrogens with zero attached hydrogens (tertiary/aromatic N) is 4. The van der Waals surface area contributed by atoms with Gasteiger partial charge in [-0.05, 0) is 137 Å². The number of benzene rings is 2. The van der Waals surface area contributed by atoms with E-state index in [9.17, 15) is 14.4 Å². The van der Waals surface area contributed by atoms with E-state index in [0.29, 0.717) is 48.0 Å². The number of unbranched alkanes of at least 4 members (excludes halogenated alkanes) is 1. The number of halogens is 1. The lowest BCUT2D eigenvalue weighted by Crippen LogP contribution is -2.60. The van der Waals surface area contributed by atoms with Crippen molar-refractivity contribution in [3.8, 4) is 5.75 Å². The van der Waals surface area contributed by atoms with E-state index in [1.165, 1.54) is 76.6 Å². The van der Waals surface area contributed by atoms with Crippen LogP contribution in [-0.4, -0.2) is 95.8 Å². The lowest BCUT2D eigenvalue weighted by Gasteiger charge is -2.42. The highest BCUT2D eigenvalue weighted by Gasteiger charge is 2.43. The van der Waals surface area contributed by atoms with Crippen LogP contribution in [0, 0.1) is 17.3 Å². The van der Waals surface area contributed by atoms with Crippen molar-refractivity contribution in [2.24, 2.45) is 17.3 Å². The Morgan fingerprint density at radius 3 is 2.39 bits per heavy atom. The van der Waals surface area contributed by atoms with Gasteiger partial charge in [0.1, 0.15) is 6.04 Å². The third-order valence-electron chi connectivity index (χ3n) is 13.2. The molecule has 1 spiro atoms. The predicted octanol–water partition coefficient (Wildman–Crippen LogP) is 9.36. The topological polar surface area (TPSA) is 73.4 Å². The number of hydrogen-bond acceptors (Lipinski definition) is 7. The van der Waals surface area contributed by atoms with Crippen molar-refractivity contribution in [3.05, 3.63) is 87.6 Å². The van der Waals surface area contributed by atoms with Crippen LogP contribution in [0.1, 0.15) is 93.9 Å². The number of aryl methyl sites for hydroxylation is 1. The van der Waals surface area contributed by atoms with Gasteiger partial charge in [-0.3, -0.25) is 14.5 Å². The molecule has 0 bridgehead atoms. The quantitative estimate of drug-likeness (QED) is 0.143. The molecule has 3 aliphatic heterocycles. The van der Waals surface area contributed by atoms with Crippen molar-refractivity contribution in [2.45, 2.75) is 102 Å². The Morgan fingerprint density at radius 1 is 0.839 bits per heavy atom. The van der Waals surface area contributed by atoms with Gasteiger partial charge in [-0.2, -0.15) is 0 Å². The zero-order valence-corrected chi connectivity index (χ0v) is 34.7. The first-order chi connectivity index (χ1) is 27.3. The summed E-state index contributed by atoms with van der Waals surface area (Å²) < 4.78 is 5.70. The first-order valence-electron chi connectivity index (χ1n) is 21.4. The average molecular weight is 802 g/mol. The molecule has 8 nitrogen and oxygen atoms in total. The third-order valence-corrected chi connectivity index (χ3v) is 14.4. The minimum absolute atomic E-state index is 0.00624. The summed E-state index contributed by atoms with van der Waals surface area (Å²) in [6.07, 6.45) is 14.2. The molecule has 302 valence electrons. The van der Waals surface area contributed by atoms with E-state index in [1.54, 1.807) is 40.5 Å². The summed E-state index contributed by atoms with van der Waals surface area (Å²) >= 11 is 7.96. The molecule has 3 aromatic rings. The summed E-state index contributed by atoms with van der Waals surface area (Å²) in [5.41, 5.74) is 1.79. The Bertz CT molecular complexity index is 1710. The minimum atomic E-state index is -0.699. The number of ether oxygens (including phenoxy) is 1. The lowest BCUT2D eigenvalue weighted by molar-refractivity contribution is -0.146. The molecule has 4 heterocycles. The molecule has 0 unspecified atom stereocenters. The fraction of sp³-hybridized carbons (Fsp3) is 0.587. The van der Waals surface area contributed by atoms with Gasteiger partial charge in [0.25, 0.3) is 0 Å². The van der Waals surface area contributed by atoms with Crippen molar-refractivity contribution in [1.82, 2.24) is 19.6 Å². The molecular weight excluding hydrogens is 740 g/mol. The van der Waals surface area contributed by atoms with Gasteiger partial charge in [-0.1, -0.05) is 73.0 Å². The van der Waals surface area contributed by atoms with Crippen LogP contribution >= 0.6 is 22.9 Å². The second-order valence-electron chi connectivity index (χ2n) is 17.1. The summed E-state index contributed by atoms with van der Waals surface area (Å²) in [7, 11) is 0. The van der Waals surface area contributed by atoms with Crippen LogP contribution in [0.25, 0.3) is 0 Å². The van der Waals surface area contributed by atoms with Crippen LogP contribution < -0.4 is 4.74 Å². The Hall–Kier alpha value is -3.24. The maximum Gasteiger partial charge on any atom is 0.415 e. The Labute approximate surface area is 343 Å². The molecule has 4 aliphatic rings. The molecule has 0 N–H and O–H groups in total. The van der Waals surface area contributed by atoms with Gasteiger partial charge < -0.3 is 19.4 Å². The Balaban J connectivity index is 1.02. The molecule has 0 radical (unpaired) electrons. The molecule has 2 aromatic carbocycles. The van der Waals surface area contributed by atoms with Crippen LogP contribution in [0.4, 0.5) is 4.79 Å². The van der Waals surface area contributed by atoms with E-state index >= 15 is 0 Å². The fourth-order valence-corrected chi connectivity index (χ4v) is 10.8. The minimum Gasteiger partial charge on any atom is -0.409 e. The zero-order valence-electron chi connectivity index (χ0n) is 33.1. The summed E-state index contributed by atoms with van der Waals surface area (Å²) in [5.74, 6) is 0.791. The van der Waals surface area contributed by atoms with E-state index in [4.69, 9.17) is 16.3 Å². The summed E-state index contributed by atoms with van der Waals surface area (Å²) in [5, 5.41) is 2.38. The first kappa shape index (κ1) is 40.9. The Kier molecular flexibility index (Phi) is 14.6. The predicted molar refractivity (Wildman–Crippen MR) is 225 cm³/mol. The van der Waals surface area contributed by atoms with Crippen molar-refractivity contribution in [1.29, 1.82) is 0 Å². The van der Waals surface area contributed by atoms with E-state index in [1.807, 2.05) is 16.3 Å². The molecule has 1 saturated carbocycles. The smallest absolute Gasteiger partial charge is 0.409 e. The maximum atomic E-state index is 14.9. The molecule has 1 aliphatic carbocycles. The largest absolute Gasteiger partial charge is 0.415 e. The number of Topliss-reactive ketones (excluding diaryl/α,β-unsaturated/α-hetero) is 1. The van der Waals surface area contributed by atoms with Gasteiger partial charge in [0.05, 0.1) is 11.6 Å². The molecule has 10 heteroatoms. The van der Waals surface area contributed by atoms with E-state index < -0.39 is 12.1 Å². The Morgan fingerprint density at radius 2 is 1.62 bits per heavy atom. The summed E-state index contributed by atoms with van der Waals surface area (Å²) in [6, 6.07) is 21.1. The molecule has 7 rings (SSSR count). The van der Waals surface area contributed by atoms with Gasteiger partial charge in [0.2, 0.25) is 5.91 Å². The SMILES string of the molecule is O=C(CCc1cccs1)[C@@H]1CN(C(=O)Oc2ccccc2Cl)CCN1C(=O)[C@@H](CCCCN1CCCCC1)CC1CCC2(CC1)CCN(Cc1ccccc1)C2. The van der Waals surface area contributed by atoms with Gasteiger partial charge in [-0.15, -0.1) is 11.3 Å². The molecule has 2 atom stereocenters. The second-order valence-corrected chi connectivity index (χ2v) is 18.5. The van der Waals surface area contributed by atoms with Crippen LogP contribution in [-0.2, 0) is 22.6 Å². The number of carbonyl (C=O) groups excluding carboxylic acids is 3. The summed E-state index contributed by atoms with van der Waals surface area (Å²) in [4.78, 5) is 52.3. The van der Waals surface area contributed by atoms with Crippen LogP contribution in [0.2, 0.25) is 5.02 Å². The highest BCUT2D eigenvalue weighted by atomic mass is 35.5. The van der Waals surface area contributed by atoms with Gasteiger partial charge in [-0.25, -0.2) is 4.79 Å². The molecule has 56 heavy (non-hydrogen) atoms. The van der Waals surface area contributed by atoms with Gasteiger partial charge >= 0.3 is 6.09 Å². The number of piperidine rings is 1. The molecular formula is C46H61ClN4O4S. The number of hydrogen-bond donors (Lipinski definition) is 0. The number of rotatable bonds is 15. The van der Waals surface area contributed by atoms with Crippen molar-refractivity contribution < 1.29 is 19.1 Å². The number of para-hydroxylation sites is 1. The monoisotopic (exact) mass is 800 g/mol. The first-order valence-corrected chi connectivity index (χ1v) is 22.7. The van der Waals surface area contributed by atoms with Crippen molar-refractivity contribution in [3.63, 3.8) is 0 Å². The molecule has 3 saturated heterocycles. The van der Waals surface area contributed by atoms with Gasteiger partial charge in [0.15, 0.2) is 11.5 Å². The fourth-order valence-electron chi connectivity index (χ4n) is 9.87. The van der Waals surface area contributed by atoms with E-state index in [0.717, 1.165) is 50.2 Å². The second kappa shape index (κ2) is 20.0. The number of thiophene rings is 1. The highest BCUT2D eigenvalue weighted by molar-refractivity contribution is 7.09. The number of ketones is 1. The summed E-state index contributed by atoms with van der Waals surface area (Å²) in [6.45, 7) is 7.61.